The summed E-state index contributed by atoms with van der Waals surface area (Å²) in [5, 5.41) is 8.59. The number of halogens is 3. The second kappa shape index (κ2) is 8.44. The molecule has 150 valence electrons. The SMILES string of the molecule is O=C(Nc1nc(-c2ccccc2OC(F)F)cs1)C1CC(c2ccc(Cl)s2)=NO1. The topological polar surface area (TPSA) is 72.8 Å². The van der Waals surface area contributed by atoms with Gasteiger partial charge < -0.3 is 9.57 Å². The van der Waals surface area contributed by atoms with E-state index in [1.165, 1.54) is 28.7 Å². The lowest BCUT2D eigenvalue weighted by atomic mass is 10.1. The summed E-state index contributed by atoms with van der Waals surface area (Å²) in [5.74, 6) is -0.387. The van der Waals surface area contributed by atoms with Crippen LogP contribution in [0, 0.1) is 0 Å². The first-order chi connectivity index (χ1) is 14.0. The number of rotatable bonds is 6. The van der Waals surface area contributed by atoms with E-state index >= 15 is 0 Å². The molecule has 3 heterocycles. The minimum absolute atomic E-state index is 0.0115. The van der Waals surface area contributed by atoms with Crippen LogP contribution in [-0.2, 0) is 9.63 Å². The molecule has 1 aromatic carbocycles. The maximum Gasteiger partial charge on any atom is 0.387 e. The third-order valence-electron chi connectivity index (χ3n) is 3.93. The van der Waals surface area contributed by atoms with Crippen molar-refractivity contribution in [3.8, 4) is 17.0 Å². The fraction of sp³-hybridized carbons (Fsp3) is 0.167. The lowest BCUT2D eigenvalue weighted by Crippen LogP contribution is -2.27. The lowest BCUT2D eigenvalue weighted by Gasteiger charge is -2.08. The molecular formula is C18H12ClF2N3O3S2. The van der Waals surface area contributed by atoms with Gasteiger partial charge >= 0.3 is 6.61 Å². The Morgan fingerprint density at radius 3 is 2.90 bits per heavy atom. The number of anilines is 1. The number of thiophene rings is 1. The number of ether oxygens (including phenoxy) is 1. The number of nitrogens with zero attached hydrogens (tertiary/aromatic N) is 2. The highest BCUT2D eigenvalue weighted by Crippen LogP contribution is 2.33. The average Bonchev–Trinajstić information content (AvgIpc) is 3.42. The normalized spacial score (nSPS) is 15.9. The molecule has 0 radical (unpaired) electrons. The number of oxime groups is 1. The summed E-state index contributed by atoms with van der Waals surface area (Å²) >= 11 is 8.44. The number of alkyl halides is 2. The third kappa shape index (κ3) is 4.55. The number of aromatic nitrogens is 1. The molecular weight excluding hydrogens is 444 g/mol. The molecule has 0 bridgehead atoms. The van der Waals surface area contributed by atoms with Crippen molar-refractivity contribution in [2.45, 2.75) is 19.1 Å². The van der Waals surface area contributed by atoms with Gasteiger partial charge in [-0.1, -0.05) is 28.9 Å². The Hall–Kier alpha value is -2.56. The van der Waals surface area contributed by atoms with Crippen LogP contribution in [0.3, 0.4) is 0 Å². The van der Waals surface area contributed by atoms with Crippen LogP contribution < -0.4 is 10.1 Å². The Balaban J connectivity index is 1.42. The molecule has 1 aliphatic heterocycles. The fourth-order valence-electron chi connectivity index (χ4n) is 2.65. The van der Waals surface area contributed by atoms with E-state index < -0.39 is 18.6 Å². The molecule has 3 aromatic rings. The standard InChI is InChI=1S/C18H12ClF2N3O3S2/c19-15-6-5-14(29-15)10-7-13(27-24-10)16(25)23-18-22-11(8-28-18)9-3-1-2-4-12(9)26-17(20)21/h1-6,8,13,17H,7H2,(H,22,23,25). The molecule has 0 fully saturated rings. The van der Waals surface area contributed by atoms with Crippen molar-refractivity contribution in [3.05, 3.63) is 51.0 Å². The van der Waals surface area contributed by atoms with Crippen LogP contribution in [-0.4, -0.2) is 29.3 Å². The Morgan fingerprint density at radius 1 is 1.31 bits per heavy atom. The van der Waals surface area contributed by atoms with E-state index in [1.54, 1.807) is 29.6 Å². The predicted molar refractivity (Wildman–Crippen MR) is 108 cm³/mol. The molecule has 11 heteroatoms. The third-order valence-corrected chi connectivity index (χ3v) is 5.97. The quantitative estimate of drug-likeness (QED) is 0.550. The van der Waals surface area contributed by atoms with Crippen LogP contribution in [0.2, 0.25) is 4.34 Å². The zero-order valence-corrected chi connectivity index (χ0v) is 16.9. The molecule has 0 aliphatic carbocycles. The van der Waals surface area contributed by atoms with E-state index in [4.69, 9.17) is 16.4 Å². The Bertz CT molecular complexity index is 1070. The second-order valence-electron chi connectivity index (χ2n) is 5.84. The number of hydrogen-bond donors (Lipinski definition) is 1. The highest BCUT2D eigenvalue weighted by molar-refractivity contribution is 7.18. The molecule has 1 aliphatic rings. The molecule has 1 amide bonds. The van der Waals surface area contributed by atoms with Crippen molar-refractivity contribution < 1.29 is 23.1 Å². The van der Waals surface area contributed by atoms with E-state index in [0.29, 0.717) is 32.9 Å². The van der Waals surface area contributed by atoms with Crippen molar-refractivity contribution in [1.29, 1.82) is 0 Å². The summed E-state index contributed by atoms with van der Waals surface area (Å²) in [5.41, 5.74) is 1.47. The first kappa shape index (κ1) is 19.7. The maximum absolute atomic E-state index is 12.6. The number of hydrogen-bond acceptors (Lipinski definition) is 7. The summed E-state index contributed by atoms with van der Waals surface area (Å²) in [6.45, 7) is -2.94. The first-order valence-corrected chi connectivity index (χ1v) is 10.4. The number of benzene rings is 1. The van der Waals surface area contributed by atoms with E-state index in [1.807, 2.05) is 6.07 Å². The van der Waals surface area contributed by atoms with E-state index in [0.717, 1.165) is 4.88 Å². The van der Waals surface area contributed by atoms with Gasteiger partial charge in [0, 0.05) is 17.4 Å². The van der Waals surface area contributed by atoms with Gasteiger partial charge in [0.05, 0.1) is 14.9 Å². The summed E-state index contributed by atoms with van der Waals surface area (Å²) in [4.78, 5) is 22.8. The summed E-state index contributed by atoms with van der Waals surface area (Å²) in [7, 11) is 0. The van der Waals surface area contributed by atoms with Gasteiger partial charge in [-0.05, 0) is 24.3 Å². The Labute approximate surface area is 176 Å². The average molecular weight is 456 g/mol. The zero-order valence-electron chi connectivity index (χ0n) is 14.5. The Morgan fingerprint density at radius 2 is 2.14 bits per heavy atom. The van der Waals surface area contributed by atoms with Gasteiger partial charge in [0.15, 0.2) is 5.13 Å². The lowest BCUT2D eigenvalue weighted by molar-refractivity contribution is -0.125. The minimum Gasteiger partial charge on any atom is -0.434 e. The van der Waals surface area contributed by atoms with Crippen LogP contribution in [0.5, 0.6) is 5.75 Å². The van der Waals surface area contributed by atoms with Gasteiger partial charge in [0.2, 0.25) is 6.10 Å². The van der Waals surface area contributed by atoms with E-state index in [9.17, 15) is 13.6 Å². The molecule has 2 aromatic heterocycles. The molecule has 6 nitrogen and oxygen atoms in total. The fourth-order valence-corrected chi connectivity index (χ4v) is 4.40. The van der Waals surface area contributed by atoms with Crippen LogP contribution in [0.25, 0.3) is 11.3 Å². The van der Waals surface area contributed by atoms with Gasteiger partial charge in [0.1, 0.15) is 11.5 Å². The summed E-state index contributed by atoms with van der Waals surface area (Å²) < 4.78 is 30.3. The van der Waals surface area contributed by atoms with Crippen molar-refractivity contribution in [2.24, 2.45) is 5.16 Å². The summed E-state index contributed by atoms with van der Waals surface area (Å²) in [6.07, 6.45) is -0.473. The van der Waals surface area contributed by atoms with Crippen LogP contribution in [0.15, 0.2) is 46.9 Å². The first-order valence-electron chi connectivity index (χ1n) is 8.28. The van der Waals surface area contributed by atoms with Crippen LogP contribution in [0.1, 0.15) is 11.3 Å². The molecule has 0 saturated heterocycles. The van der Waals surface area contributed by atoms with Crippen LogP contribution in [0.4, 0.5) is 13.9 Å². The highest BCUT2D eigenvalue weighted by atomic mass is 35.5. The maximum atomic E-state index is 12.6. The van der Waals surface area contributed by atoms with Crippen molar-refractivity contribution in [1.82, 2.24) is 4.98 Å². The highest BCUT2D eigenvalue weighted by Gasteiger charge is 2.30. The van der Waals surface area contributed by atoms with Crippen LogP contribution >= 0.6 is 34.3 Å². The molecule has 1 N–H and O–H groups in total. The zero-order chi connectivity index (χ0) is 20.4. The largest absolute Gasteiger partial charge is 0.434 e. The second-order valence-corrected chi connectivity index (χ2v) is 8.41. The number of amides is 1. The molecule has 1 unspecified atom stereocenters. The minimum atomic E-state index is -2.94. The number of thiazole rings is 1. The molecule has 1 atom stereocenters. The smallest absolute Gasteiger partial charge is 0.387 e. The van der Waals surface area contributed by atoms with E-state index in [-0.39, 0.29) is 5.75 Å². The Kier molecular flexibility index (Phi) is 5.74. The van der Waals surface area contributed by atoms with Crippen molar-refractivity contribution in [3.63, 3.8) is 0 Å². The number of carbonyl (C=O) groups is 1. The molecule has 29 heavy (non-hydrogen) atoms. The number of para-hydroxylation sites is 1. The molecule has 4 rings (SSSR count). The van der Waals surface area contributed by atoms with E-state index in [2.05, 4.69) is 20.2 Å². The monoisotopic (exact) mass is 455 g/mol. The van der Waals surface area contributed by atoms with Gasteiger partial charge in [-0.25, -0.2) is 4.98 Å². The van der Waals surface area contributed by atoms with Crippen molar-refractivity contribution >= 4 is 51.0 Å². The molecule has 0 saturated carbocycles. The summed E-state index contributed by atoms with van der Waals surface area (Å²) in [6, 6.07) is 9.90. The van der Waals surface area contributed by atoms with Gasteiger partial charge in [-0.2, -0.15) is 8.78 Å². The predicted octanol–water partition coefficient (Wildman–Crippen LogP) is 5.26. The van der Waals surface area contributed by atoms with Gasteiger partial charge in [-0.3, -0.25) is 10.1 Å². The molecule has 0 spiro atoms. The van der Waals surface area contributed by atoms with Crippen molar-refractivity contribution in [2.75, 3.05) is 5.32 Å². The van der Waals surface area contributed by atoms with Gasteiger partial charge in [0.25, 0.3) is 5.91 Å². The van der Waals surface area contributed by atoms with Gasteiger partial charge in [-0.15, -0.1) is 22.7 Å². The number of nitrogens with one attached hydrogen (secondary N) is 1. The number of carbonyl (C=O) groups excluding carboxylic acids is 1.